The average molecular weight is 516 g/mol. The Hall–Kier alpha value is -4.26. The number of anilines is 1. The Morgan fingerprint density at radius 2 is 1.58 bits per heavy atom. The first-order chi connectivity index (χ1) is 18.3. The van der Waals surface area contributed by atoms with E-state index in [-0.39, 0.29) is 11.3 Å². The topological polar surface area (TPSA) is 85.3 Å². The number of amides is 1. The lowest BCUT2D eigenvalue weighted by Crippen LogP contribution is -2.29. The van der Waals surface area contributed by atoms with E-state index in [0.717, 1.165) is 12.0 Å². The number of carbonyl (C=O) groups excluding carboxylic acids is 2. The van der Waals surface area contributed by atoms with E-state index in [1.54, 1.807) is 42.5 Å². The zero-order valence-electron chi connectivity index (χ0n) is 22.4. The summed E-state index contributed by atoms with van der Waals surface area (Å²) in [5.41, 5.74) is 2.62. The molecular weight excluding hydrogens is 482 g/mol. The number of aryl methyl sites for hydroxylation is 1. The molecule has 1 unspecified atom stereocenters. The maximum atomic E-state index is 13.5. The van der Waals surface area contributed by atoms with Gasteiger partial charge < -0.3 is 19.3 Å². The number of aliphatic hydroxyl groups excluding tert-OH is 1. The molecule has 4 rings (SSSR count). The third kappa shape index (κ3) is 5.37. The molecule has 0 bridgehead atoms. The number of benzene rings is 3. The SMILES string of the molecule is CCc1ccc(C2/C(=C(\O)c3cccc(OCC(C)C)c3)C(=O)C(=O)N2c2cc(OC)cc(OC)c2)cc1. The molecule has 1 atom stereocenters. The minimum Gasteiger partial charge on any atom is -0.507 e. The standard InChI is InChI=1S/C31H33NO6/c1-6-20-10-12-21(13-11-20)28-27(29(33)22-8-7-9-24(14-22)38-18-19(2)3)30(34)31(35)32(28)23-15-25(36-4)17-26(16-23)37-5/h7-17,19,28,33H,6,18H2,1-5H3/b29-27+. The molecule has 0 spiro atoms. The van der Waals surface area contributed by atoms with Gasteiger partial charge in [-0.05, 0) is 35.6 Å². The molecule has 0 aliphatic carbocycles. The molecule has 0 aromatic heterocycles. The van der Waals surface area contributed by atoms with Crippen LogP contribution >= 0.6 is 0 Å². The van der Waals surface area contributed by atoms with Crippen molar-refractivity contribution in [2.75, 3.05) is 25.7 Å². The Bertz CT molecular complexity index is 1340. The van der Waals surface area contributed by atoms with Crippen molar-refractivity contribution in [3.63, 3.8) is 0 Å². The number of aliphatic hydroxyl groups is 1. The van der Waals surface area contributed by atoms with E-state index in [4.69, 9.17) is 14.2 Å². The van der Waals surface area contributed by atoms with Gasteiger partial charge in [0.2, 0.25) is 0 Å². The molecule has 1 aliphatic heterocycles. The van der Waals surface area contributed by atoms with Crippen LogP contribution in [0.3, 0.4) is 0 Å². The molecular formula is C31H33NO6. The minimum absolute atomic E-state index is 0.00189. The van der Waals surface area contributed by atoms with Crippen molar-refractivity contribution in [2.24, 2.45) is 5.92 Å². The van der Waals surface area contributed by atoms with Gasteiger partial charge in [-0.15, -0.1) is 0 Å². The number of Topliss-reactive ketones (excluding diaryl/α,β-unsaturated/α-hetero) is 1. The molecule has 38 heavy (non-hydrogen) atoms. The summed E-state index contributed by atoms with van der Waals surface area (Å²) >= 11 is 0. The highest BCUT2D eigenvalue weighted by molar-refractivity contribution is 6.51. The van der Waals surface area contributed by atoms with Crippen molar-refractivity contribution in [3.05, 3.63) is 89.0 Å². The summed E-state index contributed by atoms with van der Waals surface area (Å²) in [7, 11) is 3.03. The smallest absolute Gasteiger partial charge is 0.300 e. The van der Waals surface area contributed by atoms with Gasteiger partial charge in [0.1, 0.15) is 23.0 Å². The van der Waals surface area contributed by atoms with Crippen LogP contribution in [0.25, 0.3) is 5.76 Å². The average Bonchev–Trinajstić information content (AvgIpc) is 3.21. The number of hydrogen-bond acceptors (Lipinski definition) is 6. The second-order valence-corrected chi connectivity index (χ2v) is 9.57. The van der Waals surface area contributed by atoms with Crippen LogP contribution in [-0.4, -0.2) is 37.6 Å². The number of nitrogens with zero attached hydrogens (tertiary/aromatic N) is 1. The monoisotopic (exact) mass is 515 g/mol. The summed E-state index contributed by atoms with van der Waals surface area (Å²) in [5, 5.41) is 11.5. The van der Waals surface area contributed by atoms with Crippen LogP contribution in [0.5, 0.6) is 17.2 Å². The van der Waals surface area contributed by atoms with Crippen molar-refractivity contribution in [2.45, 2.75) is 33.2 Å². The summed E-state index contributed by atoms with van der Waals surface area (Å²) in [6.45, 7) is 6.65. The van der Waals surface area contributed by atoms with Gasteiger partial charge in [0.25, 0.3) is 11.7 Å². The lowest BCUT2D eigenvalue weighted by Gasteiger charge is -2.26. The minimum atomic E-state index is -0.863. The first-order valence-electron chi connectivity index (χ1n) is 12.6. The van der Waals surface area contributed by atoms with Gasteiger partial charge >= 0.3 is 0 Å². The Balaban J connectivity index is 1.89. The van der Waals surface area contributed by atoms with Crippen molar-refractivity contribution >= 4 is 23.1 Å². The fourth-order valence-corrected chi connectivity index (χ4v) is 4.43. The van der Waals surface area contributed by atoms with E-state index in [1.807, 2.05) is 38.1 Å². The van der Waals surface area contributed by atoms with Crippen molar-refractivity contribution in [1.82, 2.24) is 0 Å². The highest BCUT2D eigenvalue weighted by atomic mass is 16.5. The highest BCUT2D eigenvalue weighted by Gasteiger charge is 2.47. The Kier molecular flexibility index (Phi) is 8.05. The van der Waals surface area contributed by atoms with Gasteiger partial charge in [0, 0.05) is 23.8 Å². The molecule has 3 aromatic carbocycles. The number of rotatable bonds is 9. The first-order valence-corrected chi connectivity index (χ1v) is 12.6. The van der Waals surface area contributed by atoms with E-state index < -0.39 is 17.7 Å². The lowest BCUT2D eigenvalue weighted by molar-refractivity contribution is -0.132. The fourth-order valence-electron chi connectivity index (χ4n) is 4.43. The van der Waals surface area contributed by atoms with E-state index in [9.17, 15) is 14.7 Å². The van der Waals surface area contributed by atoms with Crippen LogP contribution in [0.15, 0.2) is 72.3 Å². The molecule has 1 fully saturated rings. The van der Waals surface area contributed by atoms with Crippen LogP contribution in [0.4, 0.5) is 5.69 Å². The Labute approximate surface area is 223 Å². The second-order valence-electron chi connectivity index (χ2n) is 9.57. The van der Waals surface area contributed by atoms with Crippen LogP contribution in [0.1, 0.15) is 43.5 Å². The van der Waals surface area contributed by atoms with Gasteiger partial charge in [-0.3, -0.25) is 14.5 Å². The molecule has 0 saturated carbocycles. The molecule has 3 aromatic rings. The summed E-state index contributed by atoms with van der Waals surface area (Å²) < 4.78 is 16.6. The molecule has 1 N–H and O–H groups in total. The summed E-state index contributed by atoms with van der Waals surface area (Å²) in [4.78, 5) is 28.4. The number of carbonyl (C=O) groups is 2. The Morgan fingerprint density at radius 3 is 2.16 bits per heavy atom. The van der Waals surface area contributed by atoms with Gasteiger partial charge in [-0.2, -0.15) is 0 Å². The largest absolute Gasteiger partial charge is 0.507 e. The van der Waals surface area contributed by atoms with Crippen LogP contribution in [0.2, 0.25) is 0 Å². The second kappa shape index (κ2) is 11.4. The van der Waals surface area contributed by atoms with Gasteiger partial charge in [-0.25, -0.2) is 0 Å². The molecule has 1 heterocycles. The fraction of sp³-hybridized carbons (Fsp3) is 0.290. The highest BCUT2D eigenvalue weighted by Crippen LogP contribution is 2.44. The van der Waals surface area contributed by atoms with Gasteiger partial charge in [-0.1, -0.05) is 57.2 Å². The van der Waals surface area contributed by atoms with Crippen molar-refractivity contribution in [1.29, 1.82) is 0 Å². The quantitative estimate of drug-likeness (QED) is 0.216. The zero-order valence-corrected chi connectivity index (χ0v) is 22.4. The predicted molar refractivity (Wildman–Crippen MR) is 147 cm³/mol. The van der Waals surface area contributed by atoms with E-state index in [0.29, 0.717) is 46.6 Å². The van der Waals surface area contributed by atoms with Crippen molar-refractivity contribution in [3.8, 4) is 17.2 Å². The van der Waals surface area contributed by atoms with Crippen LogP contribution in [0, 0.1) is 5.92 Å². The molecule has 1 saturated heterocycles. The summed E-state index contributed by atoms with van der Waals surface area (Å²) in [5.74, 6) is 0.0378. The maximum Gasteiger partial charge on any atom is 0.300 e. The number of hydrogen-bond donors (Lipinski definition) is 1. The molecule has 7 heteroatoms. The van der Waals surface area contributed by atoms with E-state index in [1.165, 1.54) is 19.1 Å². The third-order valence-corrected chi connectivity index (χ3v) is 6.45. The Morgan fingerprint density at radius 1 is 0.921 bits per heavy atom. The molecule has 1 amide bonds. The van der Waals surface area contributed by atoms with E-state index >= 15 is 0 Å². The van der Waals surface area contributed by atoms with Crippen LogP contribution < -0.4 is 19.1 Å². The summed E-state index contributed by atoms with van der Waals surface area (Å²) in [6.07, 6.45) is 0.844. The first kappa shape index (κ1) is 26.8. The normalized spacial score (nSPS) is 16.7. The van der Waals surface area contributed by atoms with Crippen molar-refractivity contribution < 1.29 is 28.9 Å². The van der Waals surface area contributed by atoms with E-state index in [2.05, 4.69) is 6.92 Å². The maximum absolute atomic E-state index is 13.5. The number of methoxy groups -OCH3 is 2. The zero-order chi connectivity index (χ0) is 27.4. The number of ketones is 1. The molecule has 0 radical (unpaired) electrons. The lowest BCUT2D eigenvalue weighted by atomic mass is 9.94. The molecule has 7 nitrogen and oxygen atoms in total. The summed E-state index contributed by atoms with van der Waals surface area (Å²) in [6, 6.07) is 18.8. The number of ether oxygens (including phenoxy) is 3. The third-order valence-electron chi connectivity index (χ3n) is 6.45. The molecule has 1 aliphatic rings. The predicted octanol–water partition coefficient (Wildman–Crippen LogP) is 5.93. The van der Waals surface area contributed by atoms with Crippen LogP contribution in [-0.2, 0) is 16.0 Å². The van der Waals surface area contributed by atoms with Gasteiger partial charge in [0.15, 0.2) is 0 Å². The molecule has 198 valence electrons. The van der Waals surface area contributed by atoms with Gasteiger partial charge in [0.05, 0.1) is 38.1 Å².